The van der Waals surface area contributed by atoms with Crippen LogP contribution in [0.3, 0.4) is 0 Å². The van der Waals surface area contributed by atoms with Crippen LogP contribution in [0, 0.1) is 52.8 Å². The molecule has 0 spiro atoms. The first-order valence-electron chi connectivity index (χ1n) is 32.6. The predicted molar refractivity (Wildman–Crippen MR) is 381 cm³/mol. The van der Waals surface area contributed by atoms with Gasteiger partial charge in [0, 0.05) is 73.5 Å². The van der Waals surface area contributed by atoms with Gasteiger partial charge >= 0.3 is 25.4 Å². The van der Waals surface area contributed by atoms with E-state index in [0.717, 1.165) is 14.5 Å². The number of benzene rings is 6. The number of halogens is 2. The minimum atomic E-state index is -2.14. The van der Waals surface area contributed by atoms with Crippen LogP contribution in [-0.2, 0) is 67.5 Å². The van der Waals surface area contributed by atoms with Gasteiger partial charge in [0.1, 0.15) is 35.6 Å². The molecule has 15 rings (SSSR count). The summed E-state index contributed by atoms with van der Waals surface area (Å²) in [5, 5.41) is 105. The summed E-state index contributed by atoms with van der Waals surface area (Å²) in [6, 6.07) is 55.6. The molecule has 6 aliphatic rings. The maximum absolute atomic E-state index is 13.6. The number of carboxylic acids is 1. The van der Waals surface area contributed by atoms with E-state index in [2.05, 4.69) is 52.9 Å². The van der Waals surface area contributed by atoms with Crippen LogP contribution < -0.4 is 28.4 Å². The Kier molecular flexibility index (Phi) is 22.7. The number of rotatable bonds is 12. The second-order valence-corrected chi connectivity index (χ2v) is 27.8. The first-order chi connectivity index (χ1) is 50.4. The number of nitrogens with zero attached hydrogens (tertiary/aromatic N) is 8. The molecule has 0 radical (unpaired) electrons. The Hall–Kier alpha value is -10.2. The monoisotopic (exact) mass is 1610 g/mol. The molecule has 6 heterocycles. The van der Waals surface area contributed by atoms with Crippen molar-refractivity contribution in [1.29, 1.82) is 15.8 Å². The summed E-state index contributed by atoms with van der Waals surface area (Å²) >= 11 is 6.89. The molecule has 3 fully saturated rings. The molecule has 0 saturated heterocycles. The van der Waals surface area contributed by atoms with E-state index in [0.29, 0.717) is 44.9 Å². The largest absolute Gasteiger partial charge is 2.00 e. The van der Waals surface area contributed by atoms with Crippen molar-refractivity contribution in [1.82, 2.24) is 24.8 Å². The van der Waals surface area contributed by atoms with E-state index in [9.17, 15) is 55.4 Å². The third-order valence-corrected chi connectivity index (χ3v) is 21.8. The number of fused-ring (bicyclic) bond motifs is 9. The van der Waals surface area contributed by atoms with Gasteiger partial charge in [0.2, 0.25) is 29.5 Å². The van der Waals surface area contributed by atoms with Crippen molar-refractivity contribution >= 4 is 49.6 Å². The van der Waals surface area contributed by atoms with Crippen LogP contribution in [0.5, 0.6) is 34.9 Å². The normalized spacial score (nSPS) is 27.9. The molecule has 2 amide bonds. The third-order valence-electron chi connectivity index (χ3n) is 20.8. The van der Waals surface area contributed by atoms with E-state index < -0.39 is 93.4 Å². The molecule has 7 N–H and O–H groups in total. The molecule has 27 heteroatoms. The van der Waals surface area contributed by atoms with Crippen LogP contribution >= 0.6 is 31.9 Å². The maximum Gasteiger partial charge on any atom is 2.00 e. The van der Waals surface area contributed by atoms with Crippen LogP contribution in [0.2, 0.25) is 0 Å². The van der Waals surface area contributed by atoms with Gasteiger partial charge in [0.15, 0.2) is 33.6 Å². The summed E-state index contributed by atoms with van der Waals surface area (Å²) in [5.74, 6) is -6.47. The molecule has 15 atom stereocenters. The Bertz CT molecular complexity index is 4800. The van der Waals surface area contributed by atoms with E-state index in [-0.39, 0.29) is 71.4 Å². The van der Waals surface area contributed by atoms with E-state index in [4.69, 9.17) is 52.1 Å². The molecular formula is C79H70Br2N8O16Zn. The number of pyridine rings is 3. The molecule has 6 aromatic carbocycles. The number of nitriles is 1. The second-order valence-electron chi connectivity index (χ2n) is 26.0. The van der Waals surface area contributed by atoms with Gasteiger partial charge in [-0.1, -0.05) is 159 Å². The smallest absolute Gasteiger partial charge is 0.512 e. The molecule has 106 heavy (non-hydrogen) atoms. The van der Waals surface area contributed by atoms with Crippen molar-refractivity contribution in [3.8, 4) is 41.0 Å². The van der Waals surface area contributed by atoms with Gasteiger partial charge in [-0.15, -0.1) is 0 Å². The molecule has 0 bridgehead atoms. The molecule has 24 nitrogen and oxygen atoms in total. The van der Waals surface area contributed by atoms with Crippen LogP contribution in [0.4, 0.5) is 0 Å². The molecule has 3 aliphatic heterocycles. The average molecular weight is 1610 g/mol. The zero-order chi connectivity index (χ0) is 75.9. The third kappa shape index (κ3) is 11.6. The summed E-state index contributed by atoms with van der Waals surface area (Å²) in [7, 11) is 10.8. The van der Waals surface area contributed by atoms with Crippen LogP contribution in [0.25, 0.3) is 0 Å². The van der Waals surface area contributed by atoms with Gasteiger partial charge in [-0.05, 0) is 88.0 Å². The Morgan fingerprint density at radius 3 is 0.972 bits per heavy atom. The van der Waals surface area contributed by atoms with Gasteiger partial charge in [-0.2, -0.15) is 5.26 Å². The molecule has 538 valence electrons. The van der Waals surface area contributed by atoms with Gasteiger partial charge < -0.3 is 97.6 Å². The topological polar surface area (TPSA) is 365 Å². The molecule has 3 aromatic heterocycles. The van der Waals surface area contributed by atoms with Crippen LogP contribution in [-0.4, -0.2) is 146 Å². The number of hydrogen-bond donors (Lipinski definition) is 7. The van der Waals surface area contributed by atoms with E-state index in [1.807, 2.05) is 91.0 Å². The number of aliphatic hydroxyl groups is 6. The Morgan fingerprint density at radius 1 is 0.453 bits per heavy atom. The van der Waals surface area contributed by atoms with Crippen molar-refractivity contribution in [2.24, 2.45) is 17.8 Å². The number of aliphatic carboxylic acids is 1. The van der Waals surface area contributed by atoms with E-state index >= 15 is 0 Å². The summed E-state index contributed by atoms with van der Waals surface area (Å²) in [5.41, 5.74) is -6.27. The Morgan fingerprint density at radius 2 is 0.717 bits per heavy atom. The number of ether oxygens (including phenoxy) is 6. The maximum atomic E-state index is 13.6. The molecule has 3 saturated carbocycles. The number of hydrogen-bond acceptors (Lipinski definition) is 21. The second kappa shape index (κ2) is 30.7. The SMILES string of the molecule is COc1nccc2c1[C@]1(O)[C@H](O)[C@H](C(=O)N(C)C)[C@@H](c3ccccc3)[C@]1(c1ccc(Br)cc1)O2.COc1nccc2c1[C@]1(O)[C@H](O)[C@H](C(=O)N(C)C)[C@@H](c3ccccc3)[C@]1(c1ccc(C#N)cc1)O2.COc1nccc2c1[C@]1(O)[C@H](O)[C@H](C(=O)O)[C@@H](c3ccccc3)[C@]1(c1ccc(Br)cc1)O2.[C-]#N.[C-]#N.[Zn+2]. The minimum absolute atomic E-state index is 0. The number of aliphatic hydroxyl groups excluding tert-OH is 3. The van der Waals surface area contributed by atoms with Gasteiger partial charge in [-0.3, -0.25) is 14.4 Å². The average Bonchev–Trinajstić information content (AvgIpc) is 1.51. The van der Waals surface area contributed by atoms with Crippen molar-refractivity contribution in [3.63, 3.8) is 0 Å². The molecule has 0 unspecified atom stereocenters. The van der Waals surface area contributed by atoms with Gasteiger partial charge in [-0.25, -0.2) is 15.0 Å². The fourth-order valence-corrected chi connectivity index (χ4v) is 17.3. The van der Waals surface area contributed by atoms with Crippen molar-refractivity contribution in [2.75, 3.05) is 49.5 Å². The van der Waals surface area contributed by atoms with Crippen LogP contribution in [0.15, 0.2) is 210 Å². The number of methoxy groups -OCH3 is 3. The van der Waals surface area contributed by atoms with Crippen LogP contribution in [0.1, 0.15) is 73.4 Å². The summed E-state index contributed by atoms with van der Waals surface area (Å²) in [6.07, 6.45) is -0.248. The molecule has 3 aliphatic carbocycles. The minimum Gasteiger partial charge on any atom is -0.512 e. The quantitative estimate of drug-likeness (QED) is 0.0443. The van der Waals surface area contributed by atoms with Crippen molar-refractivity contribution in [3.05, 3.63) is 278 Å². The fourth-order valence-electron chi connectivity index (χ4n) is 16.7. The zero-order valence-corrected chi connectivity index (χ0v) is 64.2. The van der Waals surface area contributed by atoms with E-state index in [1.165, 1.54) is 49.7 Å². The number of carbonyl (C=O) groups excluding carboxylic acids is 2. The van der Waals surface area contributed by atoms with Crippen molar-refractivity contribution < 1.29 is 98.0 Å². The fraction of sp³-hybridized carbons (Fsp3) is 0.278. The number of carbonyl (C=O) groups is 3. The zero-order valence-electron chi connectivity index (χ0n) is 58.1. The van der Waals surface area contributed by atoms with Crippen molar-refractivity contribution in [2.45, 2.75) is 69.7 Å². The predicted octanol–water partition coefficient (Wildman–Crippen LogP) is 8.87. The molecule has 9 aromatic rings. The van der Waals surface area contributed by atoms with Gasteiger partial charge in [0.25, 0.3) is 0 Å². The standard InChI is InChI=1S/C27H25N3O5.C26H25BrN2O5.C24H20BrNO6.2CN.Zn/c1-30(2)25(32)20-21(17-7-5-4-6-8-17)27(18-11-9-16(15-28)10-12-18)26(33,23(20)31)22-19(35-27)13-14-29-24(22)34-3;1-29(2)24(31)19-20(15-7-5-4-6-8-15)26(16-9-11-17(27)12-10-16)25(32,22(19)30)21-18(34-26)13-14-28-23(21)33-3;1-31-21-19-16(11-12-26-21)32-24(14-7-9-15(25)10-8-14)18(13-5-3-2-4-6-13)17(22(28)29)20(27)23(19,24)30;2*1-2;/h4-14,20-21,23,31,33H,1-3H3;4-14,19-20,22,30,32H,1-3H3;2-12,17-18,20,27,30H,1H3,(H,28,29);;;/q;;;2*-1;+2/t20-,21-,23-,26+,27+;19-,20-,22-,25+,26+;17-,18-,20-,23+,24+;;;/m111.../s1. The summed E-state index contributed by atoms with van der Waals surface area (Å²) in [4.78, 5) is 55.2. The Labute approximate surface area is 640 Å². The number of carboxylic acid groups (broad SMARTS) is 1. The summed E-state index contributed by atoms with van der Waals surface area (Å²) in [6.45, 7) is 9.50. The van der Waals surface area contributed by atoms with Gasteiger partial charge in [0.05, 0.1) is 67.4 Å². The summed E-state index contributed by atoms with van der Waals surface area (Å²) < 4.78 is 37.8. The molecular weight excluding hydrogens is 1540 g/mol. The first-order valence-corrected chi connectivity index (χ1v) is 34.2. The van der Waals surface area contributed by atoms with E-state index in [1.54, 1.807) is 119 Å². The number of amides is 2. The number of aromatic nitrogens is 3. The Balaban J connectivity index is 0.000000165. The first kappa shape index (κ1) is 78.4.